The van der Waals surface area contributed by atoms with Crippen molar-refractivity contribution in [1.29, 1.82) is 0 Å². The van der Waals surface area contributed by atoms with Gasteiger partial charge in [0.15, 0.2) is 0 Å². The van der Waals surface area contributed by atoms with Crippen LogP contribution in [0.15, 0.2) is 36.9 Å². The second-order valence-electron chi connectivity index (χ2n) is 4.38. The van der Waals surface area contributed by atoms with Crippen molar-refractivity contribution < 1.29 is 9.13 Å². The molecule has 0 radical (unpaired) electrons. The summed E-state index contributed by atoms with van der Waals surface area (Å²) in [5.74, 6) is 6.51. The van der Waals surface area contributed by atoms with E-state index in [-0.39, 0.29) is 5.82 Å². The summed E-state index contributed by atoms with van der Waals surface area (Å²) in [6.45, 7) is 1.30. The van der Waals surface area contributed by atoms with Crippen LogP contribution in [-0.4, -0.2) is 22.0 Å². The topological polar surface area (TPSA) is 27.1 Å². The summed E-state index contributed by atoms with van der Waals surface area (Å²) >= 11 is 5.58. The van der Waals surface area contributed by atoms with Crippen LogP contribution in [-0.2, 0) is 6.54 Å². The molecule has 110 valence electrons. The summed E-state index contributed by atoms with van der Waals surface area (Å²) in [5.41, 5.74) is 0.684. The van der Waals surface area contributed by atoms with E-state index < -0.39 is 0 Å². The van der Waals surface area contributed by atoms with Crippen molar-refractivity contribution in [2.75, 3.05) is 12.5 Å². The van der Waals surface area contributed by atoms with Crippen LogP contribution >= 0.6 is 11.6 Å². The number of benzene rings is 1. The number of nitrogens with zero attached hydrogens (tertiary/aromatic N) is 2. The number of aromatic nitrogens is 2. The summed E-state index contributed by atoms with van der Waals surface area (Å²) in [6, 6.07) is 4.37. The van der Waals surface area contributed by atoms with Gasteiger partial charge in [0.2, 0.25) is 0 Å². The third-order valence-corrected chi connectivity index (χ3v) is 2.95. The second-order valence-corrected chi connectivity index (χ2v) is 4.76. The fourth-order valence-corrected chi connectivity index (χ4v) is 1.87. The second kappa shape index (κ2) is 8.33. The smallest absolute Gasteiger partial charge is 0.137 e. The van der Waals surface area contributed by atoms with E-state index >= 15 is 0 Å². The average molecular weight is 307 g/mol. The Morgan fingerprint density at radius 1 is 1.38 bits per heavy atom. The van der Waals surface area contributed by atoms with Gasteiger partial charge in [-0.1, -0.05) is 11.8 Å². The van der Waals surface area contributed by atoms with E-state index in [9.17, 15) is 4.39 Å². The summed E-state index contributed by atoms with van der Waals surface area (Å²) in [6.07, 6.45) is 6.79. The highest BCUT2D eigenvalue weighted by Crippen LogP contribution is 2.19. The van der Waals surface area contributed by atoms with E-state index in [2.05, 4.69) is 16.8 Å². The molecule has 0 atom stereocenters. The molecule has 2 rings (SSSR count). The number of halogens is 2. The predicted molar refractivity (Wildman–Crippen MR) is 81.0 cm³/mol. The lowest BCUT2D eigenvalue weighted by atomic mass is 10.2. The van der Waals surface area contributed by atoms with Gasteiger partial charge in [0.25, 0.3) is 0 Å². The van der Waals surface area contributed by atoms with Gasteiger partial charge in [0, 0.05) is 37.3 Å². The highest BCUT2D eigenvalue weighted by atomic mass is 35.5. The molecule has 0 amide bonds. The lowest BCUT2D eigenvalue weighted by molar-refractivity contribution is 0.299. The lowest BCUT2D eigenvalue weighted by Gasteiger charge is -2.08. The maximum absolute atomic E-state index is 13.3. The Kier molecular flexibility index (Phi) is 6.11. The van der Waals surface area contributed by atoms with Gasteiger partial charge in [-0.15, -0.1) is 11.6 Å². The van der Waals surface area contributed by atoms with Crippen molar-refractivity contribution >= 4 is 11.6 Å². The maximum Gasteiger partial charge on any atom is 0.137 e. The van der Waals surface area contributed by atoms with E-state index in [1.165, 1.54) is 12.1 Å². The van der Waals surface area contributed by atoms with Crippen molar-refractivity contribution in [3.05, 3.63) is 48.3 Å². The molecule has 0 fully saturated rings. The number of imidazole rings is 1. The Balaban J connectivity index is 1.91. The molecule has 0 saturated carbocycles. The monoisotopic (exact) mass is 306 g/mol. The Bertz CT molecular complexity index is 617. The number of alkyl halides is 1. The summed E-state index contributed by atoms with van der Waals surface area (Å²) in [5, 5.41) is 0. The molecule has 1 heterocycles. The summed E-state index contributed by atoms with van der Waals surface area (Å²) in [7, 11) is 0. The molecule has 0 unspecified atom stereocenters. The number of hydrogen-bond donors (Lipinski definition) is 0. The zero-order valence-corrected chi connectivity index (χ0v) is 12.3. The number of aryl methyl sites for hydroxylation is 1. The molecule has 0 aliphatic heterocycles. The van der Waals surface area contributed by atoms with E-state index in [4.69, 9.17) is 16.3 Å². The van der Waals surface area contributed by atoms with Crippen molar-refractivity contribution in [3.63, 3.8) is 0 Å². The fourth-order valence-electron chi connectivity index (χ4n) is 1.77. The van der Waals surface area contributed by atoms with Crippen molar-refractivity contribution in [2.24, 2.45) is 0 Å². The van der Waals surface area contributed by atoms with Gasteiger partial charge in [-0.25, -0.2) is 9.37 Å². The molecule has 1 aromatic carbocycles. The van der Waals surface area contributed by atoms with Gasteiger partial charge in [-0.05, 0) is 18.6 Å². The van der Waals surface area contributed by atoms with E-state index in [0.717, 1.165) is 13.0 Å². The molecule has 5 heteroatoms. The molecule has 1 aromatic heterocycles. The highest BCUT2D eigenvalue weighted by molar-refractivity contribution is 6.18. The molecule has 0 N–H and O–H groups in total. The van der Waals surface area contributed by atoms with Crippen molar-refractivity contribution in [3.8, 4) is 17.6 Å². The number of rotatable bonds is 6. The minimum absolute atomic E-state index is 0.331. The standard InChI is InChI=1S/C16H16ClFN2O/c17-7-2-1-4-14-5-6-15(18)12-16(14)21-11-3-9-20-10-8-19-13-20/h5-6,8,10,12-13H,2-3,7,9,11H2. The van der Waals surface area contributed by atoms with Gasteiger partial charge in [-0.2, -0.15) is 0 Å². The van der Waals surface area contributed by atoms with Gasteiger partial charge in [0.05, 0.1) is 18.5 Å². The third-order valence-electron chi connectivity index (χ3n) is 2.76. The largest absolute Gasteiger partial charge is 0.492 e. The first-order chi connectivity index (χ1) is 10.3. The minimum atomic E-state index is -0.331. The fraction of sp³-hybridized carbons (Fsp3) is 0.312. The average Bonchev–Trinajstić information content (AvgIpc) is 2.99. The van der Waals surface area contributed by atoms with Gasteiger partial charge in [-0.3, -0.25) is 0 Å². The van der Waals surface area contributed by atoms with Crippen molar-refractivity contribution in [1.82, 2.24) is 9.55 Å². The van der Waals surface area contributed by atoms with Gasteiger partial charge < -0.3 is 9.30 Å². The Hall–Kier alpha value is -1.99. The first kappa shape index (κ1) is 15.4. The Labute approximate surface area is 128 Å². The first-order valence-electron chi connectivity index (χ1n) is 6.72. The SMILES string of the molecule is Fc1ccc(C#CCCCl)c(OCCCn2ccnc2)c1. The summed E-state index contributed by atoms with van der Waals surface area (Å²) in [4.78, 5) is 3.97. The first-order valence-corrected chi connectivity index (χ1v) is 7.26. The van der Waals surface area contributed by atoms with Crippen LogP contribution in [0.2, 0.25) is 0 Å². The van der Waals surface area contributed by atoms with Crippen molar-refractivity contribution in [2.45, 2.75) is 19.4 Å². The van der Waals surface area contributed by atoms with Crippen LogP contribution in [0.3, 0.4) is 0 Å². The van der Waals surface area contributed by atoms with Crippen LogP contribution in [0.25, 0.3) is 0 Å². The molecule has 0 bridgehead atoms. The highest BCUT2D eigenvalue weighted by Gasteiger charge is 2.03. The summed E-state index contributed by atoms with van der Waals surface area (Å²) < 4.78 is 20.9. The normalized spacial score (nSPS) is 10.0. The number of hydrogen-bond acceptors (Lipinski definition) is 2. The molecule has 0 spiro atoms. The number of ether oxygens (including phenoxy) is 1. The molecule has 0 aliphatic carbocycles. The molecule has 0 aliphatic rings. The molecule has 3 nitrogen and oxygen atoms in total. The molecule has 21 heavy (non-hydrogen) atoms. The van der Waals surface area contributed by atoms with Crippen LogP contribution in [0.5, 0.6) is 5.75 Å². The minimum Gasteiger partial charge on any atom is -0.492 e. The molecule has 2 aromatic rings. The van der Waals surface area contributed by atoms with Crippen LogP contribution < -0.4 is 4.74 Å². The van der Waals surface area contributed by atoms with Gasteiger partial charge >= 0.3 is 0 Å². The Morgan fingerprint density at radius 3 is 3.05 bits per heavy atom. The van der Waals surface area contributed by atoms with Crippen LogP contribution in [0.4, 0.5) is 4.39 Å². The van der Waals surface area contributed by atoms with E-state index in [1.54, 1.807) is 18.6 Å². The molecular formula is C16H16ClFN2O. The zero-order valence-electron chi connectivity index (χ0n) is 11.6. The Morgan fingerprint density at radius 2 is 2.29 bits per heavy atom. The molecular weight excluding hydrogens is 291 g/mol. The molecule has 0 saturated heterocycles. The predicted octanol–water partition coefficient (Wildman–Crippen LogP) is 3.47. The van der Waals surface area contributed by atoms with Crippen LogP contribution in [0, 0.1) is 17.7 Å². The third kappa shape index (κ3) is 5.13. The zero-order chi connectivity index (χ0) is 14.9. The van der Waals surface area contributed by atoms with E-state index in [0.29, 0.717) is 30.2 Å². The van der Waals surface area contributed by atoms with Gasteiger partial charge in [0.1, 0.15) is 11.6 Å². The maximum atomic E-state index is 13.3. The quantitative estimate of drug-likeness (QED) is 0.464. The van der Waals surface area contributed by atoms with E-state index in [1.807, 2.05) is 10.8 Å². The lowest BCUT2D eigenvalue weighted by Crippen LogP contribution is -2.04. The van der Waals surface area contributed by atoms with Crippen LogP contribution in [0.1, 0.15) is 18.4 Å².